The number of hydrogen-bond donors (Lipinski definition) is 1. The summed E-state index contributed by atoms with van der Waals surface area (Å²) in [7, 11) is 0. The summed E-state index contributed by atoms with van der Waals surface area (Å²) in [6.07, 6.45) is 8.35. The van der Waals surface area contributed by atoms with E-state index in [0.717, 1.165) is 51.0 Å². The molecule has 4 heteroatoms. The largest absolute Gasteiger partial charge is 0.392 e. The van der Waals surface area contributed by atoms with Crippen molar-refractivity contribution in [2.24, 2.45) is 17.1 Å². The van der Waals surface area contributed by atoms with Crippen molar-refractivity contribution in [3.63, 3.8) is 0 Å². The van der Waals surface area contributed by atoms with Crippen LogP contribution in [-0.2, 0) is 4.79 Å². The van der Waals surface area contributed by atoms with Gasteiger partial charge in [0, 0.05) is 12.6 Å². The highest BCUT2D eigenvalue weighted by Gasteiger charge is 2.47. The Morgan fingerprint density at radius 2 is 1.75 bits per heavy atom. The first-order chi connectivity index (χ1) is 9.55. The van der Waals surface area contributed by atoms with Crippen molar-refractivity contribution < 1.29 is 4.79 Å². The van der Waals surface area contributed by atoms with E-state index in [1.54, 1.807) is 0 Å². The Kier molecular flexibility index (Phi) is 5.05. The van der Waals surface area contributed by atoms with Gasteiger partial charge < -0.3 is 10.6 Å². The van der Waals surface area contributed by atoms with Crippen LogP contribution in [0.5, 0.6) is 0 Å². The molecule has 3 nitrogen and oxygen atoms in total. The molecule has 2 N–H and O–H groups in total. The van der Waals surface area contributed by atoms with E-state index < -0.39 is 5.41 Å². The van der Waals surface area contributed by atoms with Crippen LogP contribution in [0.1, 0.15) is 65.2 Å². The third-order valence-corrected chi connectivity index (χ3v) is 5.03. The van der Waals surface area contributed by atoms with Crippen molar-refractivity contribution in [2.75, 3.05) is 6.54 Å². The molecule has 2 saturated carbocycles. The number of thiocarbonyl (C=S) groups is 1. The number of nitrogens with two attached hydrogens (primary N) is 1. The molecular weight excluding hydrogens is 268 g/mol. The molecule has 0 bridgehead atoms. The number of hydrogen-bond acceptors (Lipinski definition) is 2. The lowest BCUT2D eigenvalue weighted by atomic mass is 9.77. The summed E-state index contributed by atoms with van der Waals surface area (Å²) in [5.41, 5.74) is 5.45. The average molecular weight is 296 g/mol. The maximum atomic E-state index is 13.2. The van der Waals surface area contributed by atoms with E-state index >= 15 is 0 Å². The zero-order chi connectivity index (χ0) is 14.8. The summed E-state index contributed by atoms with van der Waals surface area (Å²) in [6.45, 7) is 5.15. The van der Waals surface area contributed by atoms with Gasteiger partial charge in [-0.25, -0.2) is 0 Å². The third-order valence-electron chi connectivity index (χ3n) is 4.63. The first-order valence-electron chi connectivity index (χ1n) is 8.16. The topological polar surface area (TPSA) is 46.3 Å². The van der Waals surface area contributed by atoms with E-state index in [1.165, 1.54) is 12.8 Å². The van der Waals surface area contributed by atoms with Crippen molar-refractivity contribution in [3.05, 3.63) is 0 Å². The van der Waals surface area contributed by atoms with Crippen LogP contribution in [0.15, 0.2) is 0 Å². The molecule has 0 saturated heterocycles. The number of carbonyl (C=O) groups is 1. The monoisotopic (exact) mass is 296 g/mol. The van der Waals surface area contributed by atoms with Crippen molar-refractivity contribution in [2.45, 2.75) is 71.3 Å². The van der Waals surface area contributed by atoms with Crippen LogP contribution in [0.3, 0.4) is 0 Å². The molecule has 2 rings (SSSR count). The van der Waals surface area contributed by atoms with Gasteiger partial charge >= 0.3 is 0 Å². The first kappa shape index (κ1) is 15.7. The zero-order valence-corrected chi connectivity index (χ0v) is 13.7. The van der Waals surface area contributed by atoms with E-state index in [1.807, 2.05) is 0 Å². The van der Waals surface area contributed by atoms with Crippen LogP contribution in [0, 0.1) is 11.3 Å². The van der Waals surface area contributed by atoms with E-state index in [-0.39, 0.29) is 5.91 Å². The fourth-order valence-corrected chi connectivity index (χ4v) is 3.47. The minimum atomic E-state index is -0.587. The summed E-state index contributed by atoms with van der Waals surface area (Å²) >= 11 is 5.32. The predicted octanol–water partition coefficient (Wildman–Crippen LogP) is 3.26. The number of amides is 1. The highest BCUT2D eigenvalue weighted by Crippen LogP contribution is 2.40. The number of carbonyl (C=O) groups excluding carboxylic acids is 1. The number of rotatable bonds is 9. The molecule has 2 aliphatic rings. The molecule has 0 atom stereocenters. The van der Waals surface area contributed by atoms with E-state index in [9.17, 15) is 4.79 Å². The first-order valence-corrected chi connectivity index (χ1v) is 8.57. The third kappa shape index (κ3) is 3.33. The van der Waals surface area contributed by atoms with Gasteiger partial charge in [0.05, 0.1) is 10.4 Å². The molecule has 0 aromatic carbocycles. The van der Waals surface area contributed by atoms with Gasteiger partial charge in [-0.15, -0.1) is 0 Å². The van der Waals surface area contributed by atoms with Gasteiger partial charge in [-0.1, -0.05) is 38.9 Å². The van der Waals surface area contributed by atoms with Gasteiger partial charge in [-0.3, -0.25) is 4.79 Å². The Labute approximate surface area is 128 Å². The molecule has 0 aromatic rings. The lowest BCUT2D eigenvalue weighted by Crippen LogP contribution is -2.52. The molecule has 0 radical (unpaired) electrons. The molecular formula is C16H28N2OS. The predicted molar refractivity (Wildman–Crippen MR) is 86.5 cm³/mol. The van der Waals surface area contributed by atoms with E-state index in [0.29, 0.717) is 11.0 Å². The molecule has 1 amide bonds. The van der Waals surface area contributed by atoms with Crippen LogP contribution < -0.4 is 5.73 Å². The lowest BCUT2D eigenvalue weighted by molar-refractivity contribution is -0.140. The molecule has 0 spiro atoms. The fourth-order valence-electron chi connectivity index (χ4n) is 3.18. The molecule has 0 unspecified atom stereocenters. The highest BCUT2D eigenvalue weighted by molar-refractivity contribution is 7.80. The normalized spacial score (nSPS) is 18.9. The highest BCUT2D eigenvalue weighted by atomic mass is 32.1. The van der Waals surface area contributed by atoms with Crippen LogP contribution in [0.25, 0.3) is 0 Å². The van der Waals surface area contributed by atoms with Gasteiger partial charge in [-0.05, 0) is 44.4 Å². The van der Waals surface area contributed by atoms with Crippen LogP contribution in [0.2, 0.25) is 0 Å². The van der Waals surface area contributed by atoms with E-state index in [4.69, 9.17) is 18.0 Å². The molecule has 114 valence electrons. The van der Waals surface area contributed by atoms with Gasteiger partial charge in [0.25, 0.3) is 0 Å². The van der Waals surface area contributed by atoms with Crippen LogP contribution >= 0.6 is 12.2 Å². The fraction of sp³-hybridized carbons (Fsp3) is 0.875. The van der Waals surface area contributed by atoms with Crippen LogP contribution in [0.4, 0.5) is 0 Å². The Morgan fingerprint density at radius 3 is 2.10 bits per heavy atom. The maximum absolute atomic E-state index is 13.2. The van der Waals surface area contributed by atoms with Gasteiger partial charge in [0.2, 0.25) is 5.91 Å². The van der Waals surface area contributed by atoms with Gasteiger partial charge in [0.15, 0.2) is 0 Å². The SMILES string of the molecule is CCCC(CCC)(C(=O)N(CC1CC1)C1CC1)C(N)=S. The molecule has 0 heterocycles. The van der Waals surface area contributed by atoms with Crippen LogP contribution in [-0.4, -0.2) is 28.4 Å². The minimum absolute atomic E-state index is 0.225. The second-order valence-electron chi connectivity index (χ2n) is 6.58. The van der Waals surface area contributed by atoms with Crippen molar-refractivity contribution in [3.8, 4) is 0 Å². The van der Waals surface area contributed by atoms with Crippen molar-refractivity contribution >= 4 is 23.1 Å². The summed E-state index contributed by atoms with van der Waals surface area (Å²) in [5.74, 6) is 0.954. The maximum Gasteiger partial charge on any atom is 0.235 e. The summed E-state index contributed by atoms with van der Waals surface area (Å²) in [4.78, 5) is 15.7. The molecule has 0 aliphatic heterocycles. The Hall–Kier alpha value is -0.640. The molecule has 2 aliphatic carbocycles. The van der Waals surface area contributed by atoms with E-state index in [2.05, 4.69) is 18.7 Å². The second-order valence-corrected chi connectivity index (χ2v) is 7.02. The average Bonchev–Trinajstić information content (AvgIpc) is 3.27. The second kappa shape index (κ2) is 6.42. The Morgan fingerprint density at radius 1 is 1.20 bits per heavy atom. The van der Waals surface area contributed by atoms with Gasteiger partial charge in [-0.2, -0.15) is 0 Å². The molecule has 0 aromatic heterocycles. The molecule has 20 heavy (non-hydrogen) atoms. The van der Waals surface area contributed by atoms with Gasteiger partial charge in [0.1, 0.15) is 0 Å². The summed E-state index contributed by atoms with van der Waals surface area (Å²) in [6, 6.07) is 0.463. The molecule has 2 fully saturated rings. The lowest BCUT2D eigenvalue weighted by Gasteiger charge is -2.37. The Bertz CT molecular complexity index is 369. The Balaban J connectivity index is 2.19. The smallest absolute Gasteiger partial charge is 0.235 e. The quantitative estimate of drug-likeness (QED) is 0.664. The standard InChI is InChI=1S/C16H28N2OS/c1-3-9-16(10-4-2,14(17)20)15(19)18(13-7-8-13)11-12-5-6-12/h12-13H,3-11H2,1-2H3,(H2,17,20). The minimum Gasteiger partial charge on any atom is -0.392 e. The zero-order valence-electron chi connectivity index (χ0n) is 12.9. The van der Waals surface area contributed by atoms with Crippen molar-refractivity contribution in [1.29, 1.82) is 0 Å². The number of nitrogens with zero attached hydrogens (tertiary/aromatic N) is 1. The summed E-state index contributed by atoms with van der Waals surface area (Å²) in [5, 5.41) is 0. The summed E-state index contributed by atoms with van der Waals surface area (Å²) < 4.78 is 0. The van der Waals surface area contributed by atoms with Crippen molar-refractivity contribution in [1.82, 2.24) is 4.90 Å².